The molecule has 4 nitrogen and oxygen atoms in total. The van der Waals surface area contributed by atoms with Crippen LogP contribution in [0.25, 0.3) is 0 Å². The highest BCUT2D eigenvalue weighted by atomic mass is 31.2. The molecular formula is C28H59NO3P+. The van der Waals surface area contributed by atoms with Crippen LogP contribution in [0.4, 0.5) is 0 Å². The minimum absolute atomic E-state index is 0.347. The number of nitrogens with zero attached hydrogens (tertiary/aromatic N) is 1. The van der Waals surface area contributed by atoms with Gasteiger partial charge in [0, 0.05) is 6.42 Å². The molecule has 0 bridgehead atoms. The lowest BCUT2D eigenvalue weighted by Crippen LogP contribution is -2.44. The van der Waals surface area contributed by atoms with Crippen molar-refractivity contribution in [1.29, 1.82) is 0 Å². The first-order valence-electron chi connectivity index (χ1n) is 14.2. The zero-order chi connectivity index (χ0) is 24.8. The van der Waals surface area contributed by atoms with Crippen LogP contribution in [0, 0.1) is 0 Å². The van der Waals surface area contributed by atoms with Gasteiger partial charge < -0.3 is 13.9 Å². The van der Waals surface area contributed by atoms with Gasteiger partial charge in [0.25, 0.3) is 0 Å². The number of unbranched alkanes of at least 4 members (excludes halogenated alkanes) is 16. The van der Waals surface area contributed by atoms with Crippen molar-refractivity contribution < 1.29 is 18.5 Å². The van der Waals surface area contributed by atoms with E-state index in [-0.39, 0.29) is 5.78 Å². The van der Waals surface area contributed by atoms with E-state index in [9.17, 15) is 9.46 Å². The van der Waals surface area contributed by atoms with E-state index in [1.807, 2.05) is 28.1 Å². The van der Waals surface area contributed by atoms with Gasteiger partial charge in [-0.1, -0.05) is 116 Å². The van der Waals surface area contributed by atoms with E-state index in [2.05, 4.69) is 19.1 Å². The molecule has 0 aliphatic rings. The lowest BCUT2D eigenvalue weighted by atomic mass is 10.0. The molecule has 0 heterocycles. The number of quaternary nitrogens is 1. The molecule has 0 fully saturated rings. The van der Waals surface area contributed by atoms with Crippen molar-refractivity contribution in [2.75, 3.05) is 27.7 Å². The first-order chi connectivity index (χ1) is 15.8. The number of hydrogen-bond donors (Lipinski definition) is 1. The average molecular weight is 489 g/mol. The minimum atomic E-state index is -3.55. The normalized spacial score (nSPS) is 15.2. The first kappa shape index (κ1) is 32.8. The fourth-order valence-electron chi connectivity index (χ4n) is 4.54. The molecule has 0 aliphatic heterocycles. The van der Waals surface area contributed by atoms with E-state index < -0.39 is 7.60 Å². The van der Waals surface area contributed by atoms with Crippen LogP contribution in [0.3, 0.4) is 0 Å². The predicted octanol–water partition coefficient (Wildman–Crippen LogP) is 9.23. The molecule has 0 radical (unpaired) electrons. The Balaban J connectivity index is 3.39. The van der Waals surface area contributed by atoms with Crippen molar-refractivity contribution in [1.82, 2.24) is 0 Å². The Hall–Kier alpha value is -0.150. The summed E-state index contributed by atoms with van der Waals surface area (Å²) in [5.41, 5.74) is 0. The molecule has 0 spiro atoms. The molecule has 0 aromatic heterocycles. The van der Waals surface area contributed by atoms with Crippen LogP contribution < -0.4 is 0 Å². The van der Waals surface area contributed by atoms with Gasteiger partial charge in [0.2, 0.25) is 0 Å². The van der Waals surface area contributed by atoms with Gasteiger partial charge in [0.15, 0.2) is 5.78 Å². The summed E-state index contributed by atoms with van der Waals surface area (Å²) >= 11 is 0. The summed E-state index contributed by atoms with van der Waals surface area (Å²) in [5, 5.41) is 0. The summed E-state index contributed by atoms with van der Waals surface area (Å²) in [6.45, 7) is 4.61. The summed E-state index contributed by atoms with van der Waals surface area (Å²) in [4.78, 5) is 10.3. The Morgan fingerprint density at radius 2 is 1.09 bits per heavy atom. The Kier molecular flexibility index (Phi) is 21.1. The minimum Gasteiger partial charge on any atom is -0.320 e. The van der Waals surface area contributed by atoms with Gasteiger partial charge in [-0.3, -0.25) is 4.57 Å². The lowest BCUT2D eigenvalue weighted by molar-refractivity contribution is -0.883. The summed E-state index contributed by atoms with van der Waals surface area (Å²) in [6.07, 6.45) is 28.9. The van der Waals surface area contributed by atoms with Crippen LogP contribution in [0.5, 0.6) is 0 Å². The van der Waals surface area contributed by atoms with Crippen molar-refractivity contribution in [3.05, 3.63) is 12.2 Å². The summed E-state index contributed by atoms with van der Waals surface area (Å²) in [5.74, 6) is -0.347. The maximum Gasteiger partial charge on any atom is 0.385 e. The van der Waals surface area contributed by atoms with Crippen LogP contribution in [0.1, 0.15) is 136 Å². The van der Waals surface area contributed by atoms with Crippen molar-refractivity contribution in [2.24, 2.45) is 0 Å². The molecule has 0 rings (SSSR count). The smallest absolute Gasteiger partial charge is 0.320 e. The van der Waals surface area contributed by atoms with Crippen LogP contribution in [0.2, 0.25) is 0 Å². The predicted molar refractivity (Wildman–Crippen MR) is 146 cm³/mol. The molecule has 5 heteroatoms. The summed E-state index contributed by atoms with van der Waals surface area (Å²) in [6, 6.07) is 0. The molecule has 0 aromatic rings. The van der Waals surface area contributed by atoms with Crippen molar-refractivity contribution >= 4 is 7.60 Å². The van der Waals surface area contributed by atoms with Crippen LogP contribution in [0.15, 0.2) is 12.2 Å². The van der Waals surface area contributed by atoms with Crippen molar-refractivity contribution in [3.63, 3.8) is 0 Å². The number of allylic oxidation sites excluding steroid dienone is 2. The van der Waals surface area contributed by atoms with Gasteiger partial charge in [0.1, 0.15) is 0 Å². The molecular weight excluding hydrogens is 429 g/mol. The molecule has 0 amide bonds. The second-order valence-corrected chi connectivity index (χ2v) is 12.7. The first-order valence-corrected chi connectivity index (χ1v) is 15.8. The molecule has 0 saturated carbocycles. The van der Waals surface area contributed by atoms with Crippen molar-refractivity contribution in [3.8, 4) is 0 Å². The third-order valence-corrected chi connectivity index (χ3v) is 8.93. The van der Waals surface area contributed by atoms with E-state index >= 15 is 0 Å². The third-order valence-electron chi connectivity index (χ3n) is 6.57. The number of rotatable bonds is 24. The maximum atomic E-state index is 12.5. The van der Waals surface area contributed by atoms with Crippen LogP contribution in [-0.2, 0) is 9.09 Å². The topological polar surface area (TPSA) is 46.5 Å². The van der Waals surface area contributed by atoms with E-state index in [1.165, 1.54) is 103 Å². The second-order valence-electron chi connectivity index (χ2n) is 10.8. The highest BCUT2D eigenvalue weighted by Gasteiger charge is 2.41. The highest BCUT2D eigenvalue weighted by Crippen LogP contribution is 2.51. The average Bonchev–Trinajstić information content (AvgIpc) is 2.74. The summed E-state index contributed by atoms with van der Waals surface area (Å²) < 4.78 is 18.4. The Morgan fingerprint density at radius 1 is 0.697 bits per heavy atom. The maximum absolute atomic E-state index is 12.5. The lowest BCUT2D eigenvalue weighted by Gasteiger charge is -2.35. The van der Waals surface area contributed by atoms with Gasteiger partial charge in [0.05, 0.1) is 27.7 Å². The number of hydrogen-bond acceptors (Lipinski definition) is 2. The van der Waals surface area contributed by atoms with E-state index in [0.717, 1.165) is 12.8 Å². The zero-order valence-electron chi connectivity index (χ0n) is 23.0. The standard InChI is InChI=1S/C28H58NO3P/c1-6-8-9-10-11-12-13-14-15-16-17-18-19-20-21-22-23-24-25-26-27-32-33(30,31)28(7-2)29(3,4)5/h10-11,28H,6-9,12-27H2,1-5H3/p+1. The molecule has 2 unspecified atom stereocenters. The molecule has 0 aromatic carbocycles. The third kappa shape index (κ3) is 19.8. The Morgan fingerprint density at radius 3 is 1.48 bits per heavy atom. The molecule has 198 valence electrons. The zero-order valence-corrected chi connectivity index (χ0v) is 23.9. The van der Waals surface area contributed by atoms with Gasteiger partial charge in [-0.25, -0.2) is 0 Å². The largest absolute Gasteiger partial charge is 0.385 e. The van der Waals surface area contributed by atoms with Gasteiger partial charge in [-0.15, -0.1) is 0 Å². The fourth-order valence-corrected chi connectivity index (χ4v) is 6.44. The van der Waals surface area contributed by atoms with Gasteiger partial charge in [-0.2, -0.15) is 0 Å². The van der Waals surface area contributed by atoms with Crippen LogP contribution in [-0.4, -0.2) is 42.9 Å². The monoisotopic (exact) mass is 488 g/mol. The molecule has 1 N–H and O–H groups in total. The highest BCUT2D eigenvalue weighted by molar-refractivity contribution is 7.53. The van der Waals surface area contributed by atoms with Gasteiger partial charge in [-0.05, 0) is 25.7 Å². The Bertz CT molecular complexity index is 502. The second kappa shape index (κ2) is 21.2. The van der Waals surface area contributed by atoms with Crippen LogP contribution >= 0.6 is 7.60 Å². The van der Waals surface area contributed by atoms with E-state index in [1.54, 1.807) is 0 Å². The van der Waals surface area contributed by atoms with E-state index in [0.29, 0.717) is 17.5 Å². The molecule has 0 aliphatic carbocycles. The molecule has 2 atom stereocenters. The SMILES string of the molecule is CCCCC=CCCCCCCCCCCCCCCCCOP(=O)(O)C(CC)[N+](C)(C)C. The summed E-state index contributed by atoms with van der Waals surface area (Å²) in [7, 11) is 2.31. The fraction of sp³-hybridized carbons (Fsp3) is 0.929. The van der Waals surface area contributed by atoms with Crippen molar-refractivity contribution in [2.45, 2.75) is 142 Å². The Labute approximate surface area is 207 Å². The molecule has 33 heavy (non-hydrogen) atoms. The van der Waals surface area contributed by atoms with E-state index in [4.69, 9.17) is 4.52 Å². The quantitative estimate of drug-likeness (QED) is 0.0637. The molecule has 0 saturated heterocycles. The van der Waals surface area contributed by atoms with Gasteiger partial charge >= 0.3 is 7.60 Å².